The first-order valence-electron chi connectivity index (χ1n) is 6.64. The Balaban J connectivity index is 1.96. The van der Waals surface area contributed by atoms with Crippen molar-refractivity contribution in [3.05, 3.63) is 66.4 Å². The lowest BCUT2D eigenvalue weighted by atomic mass is 10.1. The summed E-state index contributed by atoms with van der Waals surface area (Å²) in [5.41, 5.74) is 10.2. The number of benzene rings is 2. The van der Waals surface area contributed by atoms with Gasteiger partial charge >= 0.3 is 0 Å². The second-order valence-corrected chi connectivity index (χ2v) is 4.90. The van der Waals surface area contributed by atoms with Gasteiger partial charge in [0.2, 0.25) is 0 Å². The average molecular weight is 263 g/mol. The highest BCUT2D eigenvalue weighted by molar-refractivity contribution is 5.82. The molecule has 0 unspecified atom stereocenters. The van der Waals surface area contributed by atoms with Crippen molar-refractivity contribution in [3.8, 4) is 0 Å². The van der Waals surface area contributed by atoms with Crippen LogP contribution in [0.25, 0.3) is 10.9 Å². The third-order valence-corrected chi connectivity index (χ3v) is 3.49. The molecule has 0 spiro atoms. The van der Waals surface area contributed by atoms with Gasteiger partial charge in [0.1, 0.15) is 0 Å². The molecule has 3 heteroatoms. The SMILES string of the molecule is CN(Cc1ccnc2ccccc12)c1ccccc1N. The molecule has 0 saturated carbocycles. The Kier molecular flexibility index (Phi) is 3.25. The fourth-order valence-corrected chi connectivity index (χ4v) is 2.47. The molecule has 1 heterocycles. The van der Waals surface area contributed by atoms with Crippen LogP contribution in [0.3, 0.4) is 0 Å². The highest BCUT2D eigenvalue weighted by Crippen LogP contribution is 2.24. The lowest BCUT2D eigenvalue weighted by molar-refractivity contribution is 0.930. The Morgan fingerprint density at radius 3 is 2.60 bits per heavy atom. The molecule has 100 valence electrons. The fourth-order valence-electron chi connectivity index (χ4n) is 2.47. The van der Waals surface area contributed by atoms with Crippen LogP contribution in [0.15, 0.2) is 60.8 Å². The molecule has 0 amide bonds. The summed E-state index contributed by atoms with van der Waals surface area (Å²) in [5, 5.41) is 1.19. The van der Waals surface area contributed by atoms with E-state index in [4.69, 9.17) is 5.73 Å². The van der Waals surface area contributed by atoms with Crippen molar-refractivity contribution in [1.82, 2.24) is 4.98 Å². The van der Waals surface area contributed by atoms with Crippen LogP contribution >= 0.6 is 0 Å². The summed E-state index contributed by atoms with van der Waals surface area (Å²) in [6, 6.07) is 18.2. The highest BCUT2D eigenvalue weighted by atomic mass is 15.1. The van der Waals surface area contributed by atoms with Crippen LogP contribution in [0, 0.1) is 0 Å². The second kappa shape index (κ2) is 5.21. The summed E-state index contributed by atoms with van der Waals surface area (Å²) >= 11 is 0. The summed E-state index contributed by atoms with van der Waals surface area (Å²) in [6.45, 7) is 0.803. The molecular formula is C17H17N3. The number of anilines is 2. The van der Waals surface area contributed by atoms with Gasteiger partial charge in [-0.15, -0.1) is 0 Å². The van der Waals surface area contributed by atoms with Crippen molar-refractivity contribution in [2.45, 2.75) is 6.54 Å². The number of fused-ring (bicyclic) bond motifs is 1. The first-order valence-corrected chi connectivity index (χ1v) is 6.64. The fraction of sp³-hybridized carbons (Fsp3) is 0.118. The zero-order valence-corrected chi connectivity index (χ0v) is 11.5. The molecule has 3 nitrogen and oxygen atoms in total. The summed E-state index contributed by atoms with van der Waals surface area (Å²) in [4.78, 5) is 6.56. The van der Waals surface area contributed by atoms with Gasteiger partial charge in [-0.2, -0.15) is 0 Å². The maximum Gasteiger partial charge on any atom is 0.0705 e. The zero-order chi connectivity index (χ0) is 13.9. The van der Waals surface area contributed by atoms with Crippen molar-refractivity contribution >= 4 is 22.3 Å². The van der Waals surface area contributed by atoms with Gasteiger partial charge in [0.15, 0.2) is 0 Å². The molecule has 2 N–H and O–H groups in total. The minimum Gasteiger partial charge on any atom is -0.397 e. The lowest BCUT2D eigenvalue weighted by Gasteiger charge is -2.21. The van der Waals surface area contributed by atoms with Crippen LogP contribution in [-0.4, -0.2) is 12.0 Å². The van der Waals surface area contributed by atoms with Crippen LogP contribution in [0.4, 0.5) is 11.4 Å². The monoisotopic (exact) mass is 263 g/mol. The van der Waals surface area contributed by atoms with Gasteiger partial charge in [-0.3, -0.25) is 4.98 Å². The Bertz CT molecular complexity index is 732. The van der Waals surface area contributed by atoms with E-state index in [9.17, 15) is 0 Å². The molecule has 2 aromatic carbocycles. The molecule has 1 aromatic heterocycles. The molecule has 3 aromatic rings. The van der Waals surface area contributed by atoms with E-state index in [1.54, 1.807) is 0 Å². The lowest BCUT2D eigenvalue weighted by Crippen LogP contribution is -2.17. The van der Waals surface area contributed by atoms with Gasteiger partial charge < -0.3 is 10.6 Å². The van der Waals surface area contributed by atoms with E-state index in [-0.39, 0.29) is 0 Å². The van der Waals surface area contributed by atoms with Gasteiger partial charge in [0.05, 0.1) is 16.9 Å². The Labute approximate surface area is 118 Å². The number of nitrogens with zero attached hydrogens (tertiary/aromatic N) is 2. The van der Waals surface area contributed by atoms with Gasteiger partial charge in [-0.05, 0) is 29.8 Å². The standard InChI is InChI=1S/C17H17N3/c1-20(17-9-5-3-7-15(17)18)12-13-10-11-19-16-8-4-2-6-14(13)16/h2-11H,12,18H2,1H3. The van der Waals surface area contributed by atoms with Crippen LogP contribution in [0.5, 0.6) is 0 Å². The number of nitrogen functional groups attached to an aromatic ring is 1. The predicted molar refractivity (Wildman–Crippen MR) is 84.7 cm³/mol. The third-order valence-electron chi connectivity index (χ3n) is 3.49. The van der Waals surface area contributed by atoms with Crippen molar-refractivity contribution < 1.29 is 0 Å². The summed E-state index contributed by atoms with van der Waals surface area (Å²) < 4.78 is 0. The molecule has 0 bridgehead atoms. The number of hydrogen-bond donors (Lipinski definition) is 1. The van der Waals surface area contributed by atoms with Crippen LogP contribution in [0.2, 0.25) is 0 Å². The van der Waals surface area contributed by atoms with E-state index in [1.807, 2.05) is 48.7 Å². The smallest absolute Gasteiger partial charge is 0.0705 e. The number of pyridine rings is 1. The molecule has 20 heavy (non-hydrogen) atoms. The zero-order valence-electron chi connectivity index (χ0n) is 11.5. The first kappa shape index (κ1) is 12.5. The number of para-hydroxylation sites is 3. The summed E-state index contributed by atoms with van der Waals surface area (Å²) in [7, 11) is 2.06. The van der Waals surface area contributed by atoms with Crippen molar-refractivity contribution in [2.75, 3.05) is 17.7 Å². The molecule has 0 atom stereocenters. The van der Waals surface area contributed by atoms with Crippen LogP contribution < -0.4 is 10.6 Å². The molecule has 3 rings (SSSR count). The molecule has 0 radical (unpaired) electrons. The van der Waals surface area contributed by atoms with Crippen molar-refractivity contribution in [2.24, 2.45) is 0 Å². The van der Waals surface area contributed by atoms with E-state index in [2.05, 4.69) is 29.1 Å². The minimum atomic E-state index is 0.799. The van der Waals surface area contributed by atoms with E-state index in [0.717, 1.165) is 23.4 Å². The van der Waals surface area contributed by atoms with Gasteiger partial charge in [0, 0.05) is 25.2 Å². The Morgan fingerprint density at radius 2 is 1.75 bits per heavy atom. The van der Waals surface area contributed by atoms with E-state index in [0.29, 0.717) is 0 Å². The number of aromatic nitrogens is 1. The molecule has 0 saturated heterocycles. The predicted octanol–water partition coefficient (Wildman–Crippen LogP) is 3.45. The van der Waals surface area contributed by atoms with E-state index < -0.39 is 0 Å². The topological polar surface area (TPSA) is 42.2 Å². The molecule has 0 aliphatic rings. The number of hydrogen-bond acceptors (Lipinski definition) is 3. The molecular weight excluding hydrogens is 246 g/mol. The normalized spacial score (nSPS) is 10.7. The molecule has 0 aliphatic carbocycles. The highest BCUT2D eigenvalue weighted by Gasteiger charge is 2.07. The number of rotatable bonds is 3. The van der Waals surface area contributed by atoms with Gasteiger partial charge in [-0.1, -0.05) is 30.3 Å². The van der Waals surface area contributed by atoms with Crippen molar-refractivity contribution in [1.29, 1.82) is 0 Å². The van der Waals surface area contributed by atoms with E-state index >= 15 is 0 Å². The maximum absolute atomic E-state index is 6.03. The van der Waals surface area contributed by atoms with Gasteiger partial charge in [0.25, 0.3) is 0 Å². The maximum atomic E-state index is 6.03. The summed E-state index contributed by atoms with van der Waals surface area (Å²) in [6.07, 6.45) is 1.86. The van der Waals surface area contributed by atoms with Crippen LogP contribution in [-0.2, 0) is 6.54 Å². The van der Waals surface area contributed by atoms with Gasteiger partial charge in [-0.25, -0.2) is 0 Å². The quantitative estimate of drug-likeness (QED) is 0.736. The van der Waals surface area contributed by atoms with Crippen molar-refractivity contribution in [3.63, 3.8) is 0 Å². The second-order valence-electron chi connectivity index (χ2n) is 4.90. The van der Waals surface area contributed by atoms with E-state index in [1.165, 1.54) is 10.9 Å². The average Bonchev–Trinajstić information content (AvgIpc) is 2.48. The molecule has 0 aliphatic heterocycles. The molecule has 0 fully saturated rings. The largest absolute Gasteiger partial charge is 0.397 e. The summed E-state index contributed by atoms with van der Waals surface area (Å²) in [5.74, 6) is 0. The minimum absolute atomic E-state index is 0.799. The number of nitrogens with two attached hydrogens (primary N) is 1. The van der Waals surface area contributed by atoms with Crippen LogP contribution in [0.1, 0.15) is 5.56 Å². The first-order chi connectivity index (χ1) is 9.75. The Hall–Kier alpha value is -2.55. The third kappa shape index (κ3) is 2.30. The Morgan fingerprint density at radius 1 is 1.00 bits per heavy atom.